The van der Waals surface area contributed by atoms with E-state index in [0.717, 1.165) is 61.6 Å². The molecule has 0 spiro atoms. The van der Waals surface area contributed by atoms with Gasteiger partial charge < -0.3 is 9.80 Å². The number of anilines is 2. The van der Waals surface area contributed by atoms with Crippen LogP contribution >= 0.6 is 0 Å². The van der Waals surface area contributed by atoms with Crippen molar-refractivity contribution < 1.29 is 9.18 Å². The number of amides is 1. The number of benzene rings is 3. The second kappa shape index (κ2) is 8.99. The summed E-state index contributed by atoms with van der Waals surface area (Å²) < 4.78 is 13.3. The van der Waals surface area contributed by atoms with E-state index in [1.165, 1.54) is 12.1 Å². The molecule has 4 nitrogen and oxygen atoms in total. The summed E-state index contributed by atoms with van der Waals surface area (Å²) >= 11 is 0. The zero-order valence-electron chi connectivity index (χ0n) is 19.1. The third kappa shape index (κ3) is 3.80. The molecule has 0 radical (unpaired) electrons. The summed E-state index contributed by atoms with van der Waals surface area (Å²) in [6.45, 7) is 7.21. The Morgan fingerprint density at radius 2 is 1.52 bits per heavy atom. The van der Waals surface area contributed by atoms with Crippen molar-refractivity contribution in [3.05, 3.63) is 95.8 Å². The van der Waals surface area contributed by atoms with Gasteiger partial charge in [-0.1, -0.05) is 48.5 Å². The van der Waals surface area contributed by atoms with E-state index in [1.54, 1.807) is 0 Å². The molecule has 5 rings (SSSR count). The highest BCUT2D eigenvalue weighted by Gasteiger charge is 2.51. The Kier molecular flexibility index (Phi) is 5.90. The topological polar surface area (TPSA) is 26.8 Å². The van der Waals surface area contributed by atoms with Crippen LogP contribution in [-0.2, 0) is 10.2 Å². The Morgan fingerprint density at radius 3 is 2.21 bits per heavy atom. The fourth-order valence-electron chi connectivity index (χ4n) is 5.43. The number of likely N-dealkylation sites (N-methyl/N-ethyl adjacent to an activating group) is 1. The van der Waals surface area contributed by atoms with E-state index in [1.807, 2.05) is 54.3 Å². The molecule has 0 aromatic heterocycles. The first-order valence-corrected chi connectivity index (χ1v) is 11.8. The molecule has 1 unspecified atom stereocenters. The van der Waals surface area contributed by atoms with Gasteiger partial charge in [-0.25, -0.2) is 4.39 Å². The van der Waals surface area contributed by atoms with Crippen LogP contribution in [0.25, 0.3) is 0 Å². The summed E-state index contributed by atoms with van der Waals surface area (Å²) in [5.41, 5.74) is 3.64. The smallest absolute Gasteiger partial charge is 0.242 e. The summed E-state index contributed by atoms with van der Waals surface area (Å²) in [4.78, 5) is 20.6. The van der Waals surface area contributed by atoms with Crippen LogP contribution in [0.4, 0.5) is 15.8 Å². The van der Waals surface area contributed by atoms with Crippen LogP contribution in [0.2, 0.25) is 0 Å². The molecule has 1 amide bonds. The van der Waals surface area contributed by atoms with Crippen molar-refractivity contribution in [1.82, 2.24) is 4.90 Å². The third-order valence-corrected chi connectivity index (χ3v) is 7.21. The summed E-state index contributed by atoms with van der Waals surface area (Å²) in [5, 5.41) is 0. The van der Waals surface area contributed by atoms with E-state index in [0.29, 0.717) is 6.54 Å². The van der Waals surface area contributed by atoms with Crippen molar-refractivity contribution in [1.29, 1.82) is 0 Å². The van der Waals surface area contributed by atoms with E-state index in [2.05, 4.69) is 34.1 Å². The number of piperazine rings is 1. The summed E-state index contributed by atoms with van der Waals surface area (Å²) in [6, 6.07) is 25.3. The van der Waals surface area contributed by atoms with Crippen LogP contribution in [0.5, 0.6) is 0 Å². The molecule has 2 heterocycles. The normalized spacial score (nSPS) is 20.8. The molecule has 1 fully saturated rings. The first-order chi connectivity index (χ1) is 16.1. The monoisotopic (exact) mass is 443 g/mol. The number of halogens is 1. The Balaban J connectivity index is 1.37. The minimum atomic E-state index is -0.651. The van der Waals surface area contributed by atoms with E-state index >= 15 is 0 Å². The third-order valence-electron chi connectivity index (χ3n) is 7.21. The first-order valence-electron chi connectivity index (χ1n) is 11.8. The van der Waals surface area contributed by atoms with Crippen LogP contribution < -0.4 is 9.80 Å². The van der Waals surface area contributed by atoms with Gasteiger partial charge in [-0.15, -0.1) is 0 Å². The SMILES string of the molecule is CCN1C(=O)C(CCN2CCN(c3ccc(F)cc3)CC2)(c2ccccc2)c2ccccc21. The van der Waals surface area contributed by atoms with Crippen molar-refractivity contribution in [3.63, 3.8) is 0 Å². The molecule has 3 aromatic carbocycles. The molecule has 2 aliphatic rings. The number of carbonyl (C=O) groups excluding carboxylic acids is 1. The molecule has 3 aromatic rings. The van der Waals surface area contributed by atoms with Gasteiger partial charge in [0.25, 0.3) is 0 Å². The minimum absolute atomic E-state index is 0.183. The van der Waals surface area contributed by atoms with Crippen LogP contribution in [0.3, 0.4) is 0 Å². The molecule has 2 aliphatic heterocycles. The van der Waals surface area contributed by atoms with Gasteiger partial charge in [-0.3, -0.25) is 9.69 Å². The Morgan fingerprint density at radius 1 is 0.848 bits per heavy atom. The maximum absolute atomic E-state index is 13.9. The molecule has 0 bridgehead atoms. The zero-order chi connectivity index (χ0) is 22.8. The standard InChI is InChI=1S/C28H30FN3O/c1-2-32-26-11-7-6-10-25(26)28(27(32)33,22-8-4-3-5-9-22)16-17-30-18-20-31(21-19-30)24-14-12-23(29)13-15-24/h3-15H,2,16-21H2,1H3. The average Bonchev–Trinajstić information content (AvgIpc) is 3.12. The van der Waals surface area contributed by atoms with Crippen molar-refractivity contribution >= 4 is 17.3 Å². The number of hydrogen-bond acceptors (Lipinski definition) is 3. The second-order valence-corrected chi connectivity index (χ2v) is 8.89. The molecule has 33 heavy (non-hydrogen) atoms. The molecular weight excluding hydrogens is 413 g/mol. The van der Waals surface area contributed by atoms with Crippen LogP contribution in [0.1, 0.15) is 24.5 Å². The van der Waals surface area contributed by atoms with E-state index in [-0.39, 0.29) is 11.7 Å². The lowest BCUT2D eigenvalue weighted by Gasteiger charge is -2.38. The summed E-state index contributed by atoms with van der Waals surface area (Å²) in [5.74, 6) is -0.0198. The van der Waals surface area contributed by atoms with Crippen LogP contribution in [0, 0.1) is 5.82 Å². The fourth-order valence-corrected chi connectivity index (χ4v) is 5.43. The maximum Gasteiger partial charge on any atom is 0.242 e. The zero-order valence-corrected chi connectivity index (χ0v) is 19.1. The Bertz CT molecular complexity index is 1110. The van der Waals surface area contributed by atoms with Gasteiger partial charge in [0, 0.05) is 44.1 Å². The maximum atomic E-state index is 13.9. The molecule has 5 heteroatoms. The lowest BCUT2D eigenvalue weighted by Crippen LogP contribution is -2.49. The van der Waals surface area contributed by atoms with Crippen molar-refractivity contribution in [2.75, 3.05) is 49.1 Å². The number of para-hydroxylation sites is 1. The fraction of sp³-hybridized carbons (Fsp3) is 0.321. The van der Waals surface area contributed by atoms with E-state index < -0.39 is 5.41 Å². The quantitative estimate of drug-likeness (QED) is 0.553. The van der Waals surface area contributed by atoms with E-state index in [4.69, 9.17) is 0 Å². The number of nitrogens with zero attached hydrogens (tertiary/aromatic N) is 3. The Labute approximate surface area is 195 Å². The minimum Gasteiger partial charge on any atom is -0.369 e. The molecule has 1 atom stereocenters. The van der Waals surface area contributed by atoms with Crippen molar-refractivity contribution in [2.45, 2.75) is 18.8 Å². The van der Waals surface area contributed by atoms with Gasteiger partial charge in [0.05, 0.1) is 0 Å². The molecule has 170 valence electrons. The first kappa shape index (κ1) is 21.7. The second-order valence-electron chi connectivity index (χ2n) is 8.89. The molecular formula is C28H30FN3O. The Hall–Kier alpha value is -3.18. The molecule has 0 saturated carbocycles. The van der Waals surface area contributed by atoms with Crippen LogP contribution in [-0.4, -0.2) is 50.1 Å². The van der Waals surface area contributed by atoms with E-state index in [9.17, 15) is 9.18 Å². The number of fused-ring (bicyclic) bond motifs is 1. The molecule has 1 saturated heterocycles. The predicted octanol–water partition coefficient (Wildman–Crippen LogP) is 4.69. The van der Waals surface area contributed by atoms with Gasteiger partial charge in [0.2, 0.25) is 5.91 Å². The number of hydrogen-bond donors (Lipinski definition) is 0. The van der Waals surface area contributed by atoms with Crippen molar-refractivity contribution in [3.8, 4) is 0 Å². The molecule has 0 N–H and O–H groups in total. The van der Waals surface area contributed by atoms with Gasteiger partial charge in [0.1, 0.15) is 11.2 Å². The number of carbonyl (C=O) groups is 1. The lowest BCUT2D eigenvalue weighted by molar-refractivity contribution is -0.122. The highest BCUT2D eigenvalue weighted by molar-refractivity contribution is 6.10. The highest BCUT2D eigenvalue weighted by Crippen LogP contribution is 2.48. The van der Waals surface area contributed by atoms with Crippen molar-refractivity contribution in [2.24, 2.45) is 0 Å². The summed E-state index contributed by atoms with van der Waals surface area (Å²) in [7, 11) is 0. The predicted molar refractivity (Wildman–Crippen MR) is 131 cm³/mol. The lowest BCUT2D eigenvalue weighted by atomic mass is 9.72. The largest absolute Gasteiger partial charge is 0.369 e. The summed E-state index contributed by atoms with van der Waals surface area (Å²) in [6.07, 6.45) is 0.750. The highest BCUT2D eigenvalue weighted by atomic mass is 19.1. The average molecular weight is 444 g/mol. The van der Waals surface area contributed by atoms with Gasteiger partial charge >= 0.3 is 0 Å². The number of rotatable bonds is 6. The van der Waals surface area contributed by atoms with Gasteiger partial charge in [-0.2, -0.15) is 0 Å². The molecule has 0 aliphatic carbocycles. The van der Waals surface area contributed by atoms with Crippen LogP contribution in [0.15, 0.2) is 78.9 Å². The van der Waals surface area contributed by atoms with Gasteiger partial charge in [0.15, 0.2) is 0 Å². The van der Waals surface area contributed by atoms with Gasteiger partial charge in [-0.05, 0) is 61.3 Å².